The molecule has 0 radical (unpaired) electrons. The van der Waals surface area contributed by atoms with Gasteiger partial charge in [-0.3, -0.25) is 5.32 Å². The number of nitrogens with zero attached hydrogens (tertiary/aromatic N) is 1. The summed E-state index contributed by atoms with van der Waals surface area (Å²) >= 11 is 0. The predicted molar refractivity (Wildman–Crippen MR) is 273 cm³/mol. The van der Waals surface area contributed by atoms with Gasteiger partial charge in [0.2, 0.25) is 0 Å². The van der Waals surface area contributed by atoms with Crippen molar-refractivity contribution in [3.05, 3.63) is 288 Å². The van der Waals surface area contributed by atoms with E-state index in [9.17, 15) is 0 Å². The zero-order chi connectivity index (χ0) is 43.6. The van der Waals surface area contributed by atoms with Gasteiger partial charge in [0, 0.05) is 11.4 Å². The van der Waals surface area contributed by atoms with E-state index in [-0.39, 0.29) is 12.2 Å². The number of para-hydroxylation sites is 3. The second-order valence-electron chi connectivity index (χ2n) is 17.7. The van der Waals surface area contributed by atoms with Crippen molar-refractivity contribution >= 4 is 33.5 Å². The molecule has 1 aliphatic carbocycles. The summed E-state index contributed by atoms with van der Waals surface area (Å²) in [7, 11) is 0. The van der Waals surface area contributed by atoms with Crippen molar-refractivity contribution in [2.75, 3.05) is 4.90 Å². The number of anilines is 3. The van der Waals surface area contributed by atoms with Crippen LogP contribution < -0.4 is 15.5 Å². The maximum atomic E-state index is 3.83. The zero-order valence-electron chi connectivity index (χ0n) is 36.3. The van der Waals surface area contributed by atoms with Gasteiger partial charge in [0.05, 0.1) is 22.8 Å². The first kappa shape index (κ1) is 38.2. The second-order valence-corrected chi connectivity index (χ2v) is 17.7. The molecule has 0 fully saturated rings. The molecular weight excluding hydrogens is 799 g/mol. The highest BCUT2D eigenvalue weighted by molar-refractivity contribution is 6.00. The molecule has 0 amide bonds. The number of nitrogens with one attached hydrogen (secondary N) is 2. The Morgan fingerprint density at radius 3 is 1.58 bits per heavy atom. The van der Waals surface area contributed by atoms with E-state index in [4.69, 9.17) is 0 Å². The van der Waals surface area contributed by atoms with E-state index in [1.165, 1.54) is 88.9 Å². The molecule has 66 heavy (non-hydrogen) atoms. The van der Waals surface area contributed by atoms with Crippen molar-refractivity contribution in [3.8, 4) is 33.4 Å². The van der Waals surface area contributed by atoms with Gasteiger partial charge in [-0.25, -0.2) is 0 Å². The summed E-state index contributed by atoms with van der Waals surface area (Å²) < 4.78 is 0. The number of benzene rings is 10. The van der Waals surface area contributed by atoms with Crippen LogP contribution >= 0.6 is 0 Å². The van der Waals surface area contributed by atoms with Crippen LogP contribution in [0.2, 0.25) is 0 Å². The zero-order valence-corrected chi connectivity index (χ0v) is 36.3. The van der Waals surface area contributed by atoms with Crippen LogP contribution in [0, 0.1) is 0 Å². The van der Waals surface area contributed by atoms with Crippen LogP contribution in [-0.2, 0) is 5.41 Å². The maximum absolute atomic E-state index is 3.83. The van der Waals surface area contributed by atoms with Crippen LogP contribution in [0.4, 0.5) is 17.1 Å². The molecule has 2 unspecified atom stereocenters. The highest BCUT2D eigenvalue weighted by Gasteiger charge is 2.52. The summed E-state index contributed by atoms with van der Waals surface area (Å²) in [6.45, 7) is 0. The Labute approximate surface area is 386 Å². The molecule has 3 nitrogen and oxygen atoms in total. The molecule has 2 heterocycles. The van der Waals surface area contributed by atoms with Crippen LogP contribution in [0.15, 0.2) is 249 Å². The lowest BCUT2D eigenvalue weighted by molar-refractivity contribution is 0.442. The Balaban J connectivity index is 0.914. The standard InChI is InChI=1S/C63H45N3/c1-4-17-44(18-5-1)58-41-59(65-62(64-58)45-19-6-2-7-20-45)50-24-16-23-46(37-50)42-31-33-43(34-32-42)49-35-36-52-53-38-47-21-10-11-22-48(47)39-57(53)63(56(52)40-49)54-27-12-14-29-60(54)66(51-25-8-3-9-26-51)61-30-15-13-28-55(61)63/h1-41,58,62,64-65H. The average molecular weight is 844 g/mol. The third kappa shape index (κ3) is 6.09. The molecule has 2 aliphatic heterocycles. The monoisotopic (exact) mass is 843 g/mol. The van der Waals surface area contributed by atoms with E-state index in [1.54, 1.807) is 0 Å². The molecule has 13 rings (SSSR count). The van der Waals surface area contributed by atoms with Gasteiger partial charge in [-0.15, -0.1) is 0 Å². The molecule has 1 spiro atoms. The van der Waals surface area contributed by atoms with Crippen LogP contribution in [0.5, 0.6) is 0 Å². The molecule has 0 aromatic heterocycles. The SMILES string of the molecule is C1=C(c2cccc(-c3ccc(-c4ccc5c(c4)C4(c6cc7ccccc7cc6-5)c5ccccc5N(c5ccccc5)c5ccccc54)cc3)c2)NC(c2ccccc2)NC1c1ccccc1. The van der Waals surface area contributed by atoms with Gasteiger partial charge in [-0.1, -0.05) is 194 Å². The molecule has 10 aromatic rings. The first-order valence-electron chi connectivity index (χ1n) is 23.0. The first-order chi connectivity index (χ1) is 32.7. The molecule has 2 N–H and O–H groups in total. The van der Waals surface area contributed by atoms with E-state index in [0.29, 0.717) is 0 Å². The number of rotatable bonds is 6. The quantitative estimate of drug-likeness (QED) is 0.175. The Morgan fingerprint density at radius 2 is 0.894 bits per heavy atom. The first-order valence-corrected chi connectivity index (χ1v) is 23.0. The van der Waals surface area contributed by atoms with Crippen LogP contribution in [0.3, 0.4) is 0 Å². The largest absolute Gasteiger partial charge is 0.366 e. The van der Waals surface area contributed by atoms with Crippen molar-refractivity contribution in [1.29, 1.82) is 0 Å². The predicted octanol–water partition coefficient (Wildman–Crippen LogP) is 15.3. The number of hydrogen-bond acceptors (Lipinski definition) is 3. The molecule has 3 aliphatic rings. The lowest BCUT2D eigenvalue weighted by atomic mass is 9.64. The normalized spacial score (nSPS) is 16.4. The smallest absolute Gasteiger partial charge is 0.104 e. The van der Waals surface area contributed by atoms with Gasteiger partial charge in [-0.05, 0) is 138 Å². The van der Waals surface area contributed by atoms with Crippen LogP contribution in [-0.4, -0.2) is 0 Å². The Hall–Kier alpha value is -8.24. The summed E-state index contributed by atoms with van der Waals surface area (Å²) in [5, 5.41) is 10.2. The average Bonchev–Trinajstić information content (AvgIpc) is 3.67. The third-order valence-corrected chi connectivity index (χ3v) is 14.1. The summed E-state index contributed by atoms with van der Waals surface area (Å²) in [6.07, 6.45) is 2.29. The topological polar surface area (TPSA) is 27.3 Å². The van der Waals surface area contributed by atoms with Crippen molar-refractivity contribution in [2.24, 2.45) is 0 Å². The van der Waals surface area contributed by atoms with Gasteiger partial charge >= 0.3 is 0 Å². The van der Waals surface area contributed by atoms with Crippen LogP contribution in [0.1, 0.15) is 51.2 Å². The van der Waals surface area contributed by atoms with Gasteiger partial charge in [0.25, 0.3) is 0 Å². The summed E-state index contributed by atoms with van der Waals surface area (Å²) in [4.78, 5) is 2.45. The van der Waals surface area contributed by atoms with E-state index in [0.717, 1.165) is 16.9 Å². The van der Waals surface area contributed by atoms with E-state index in [2.05, 4.69) is 264 Å². The molecule has 0 saturated carbocycles. The summed E-state index contributed by atoms with van der Waals surface area (Å²) in [5.74, 6) is 0. The molecule has 312 valence electrons. The van der Waals surface area contributed by atoms with Gasteiger partial charge < -0.3 is 10.2 Å². The molecule has 10 aromatic carbocycles. The van der Waals surface area contributed by atoms with Gasteiger partial charge in [-0.2, -0.15) is 0 Å². The van der Waals surface area contributed by atoms with Gasteiger partial charge in [0.1, 0.15) is 6.17 Å². The van der Waals surface area contributed by atoms with E-state index in [1.807, 2.05) is 0 Å². The van der Waals surface area contributed by atoms with Crippen molar-refractivity contribution in [3.63, 3.8) is 0 Å². The number of fused-ring (bicyclic) bond motifs is 10. The molecule has 3 heteroatoms. The van der Waals surface area contributed by atoms with Crippen molar-refractivity contribution in [2.45, 2.75) is 17.6 Å². The highest BCUT2D eigenvalue weighted by atomic mass is 15.2. The van der Waals surface area contributed by atoms with Gasteiger partial charge in [0.15, 0.2) is 0 Å². The highest BCUT2D eigenvalue weighted by Crippen LogP contribution is 2.64. The third-order valence-electron chi connectivity index (χ3n) is 14.1. The molecular formula is C63H45N3. The molecule has 2 atom stereocenters. The van der Waals surface area contributed by atoms with E-state index < -0.39 is 5.41 Å². The van der Waals surface area contributed by atoms with Crippen LogP contribution in [0.25, 0.3) is 49.9 Å². The summed E-state index contributed by atoms with van der Waals surface area (Å²) in [6, 6.07) is 89.4. The lowest BCUT2D eigenvalue weighted by Crippen LogP contribution is -2.39. The fourth-order valence-electron chi connectivity index (χ4n) is 11.1. The maximum Gasteiger partial charge on any atom is 0.104 e. The lowest BCUT2D eigenvalue weighted by Gasteiger charge is -2.45. The second kappa shape index (κ2) is 15.5. The van der Waals surface area contributed by atoms with Crippen molar-refractivity contribution < 1.29 is 0 Å². The van der Waals surface area contributed by atoms with E-state index >= 15 is 0 Å². The Morgan fingerprint density at radius 1 is 0.364 bits per heavy atom. The number of hydrogen-bond donors (Lipinski definition) is 2. The Bertz CT molecular complexity index is 3440. The van der Waals surface area contributed by atoms with Crippen molar-refractivity contribution in [1.82, 2.24) is 10.6 Å². The molecule has 0 saturated heterocycles. The minimum absolute atomic E-state index is 0.0315. The summed E-state index contributed by atoms with van der Waals surface area (Å²) in [5.41, 5.74) is 20.3. The fourth-order valence-corrected chi connectivity index (χ4v) is 11.1. The fraction of sp³-hybridized carbons (Fsp3) is 0.0476. The minimum atomic E-state index is -0.542. The molecule has 0 bridgehead atoms. The Kier molecular flexibility index (Phi) is 8.97. The minimum Gasteiger partial charge on any atom is -0.366 e.